The molecule has 0 radical (unpaired) electrons. The molecule has 1 heterocycles. The lowest BCUT2D eigenvalue weighted by molar-refractivity contribution is -0.658. The van der Waals surface area contributed by atoms with Crippen LogP contribution in [0.15, 0.2) is 61.4 Å². The van der Waals surface area contributed by atoms with Crippen molar-refractivity contribution < 1.29 is 14.1 Å². The highest BCUT2D eigenvalue weighted by Crippen LogP contribution is 2.22. The van der Waals surface area contributed by atoms with Crippen LogP contribution in [0.4, 0.5) is 5.69 Å². The monoisotopic (exact) mass is 308 g/mol. The molecule has 0 fully saturated rings. The first-order valence-electron chi connectivity index (χ1n) is 7.27. The number of amides is 1. The Kier molecular flexibility index (Phi) is 4.10. The van der Waals surface area contributed by atoms with E-state index in [2.05, 4.69) is 11.9 Å². The lowest BCUT2D eigenvalue weighted by atomic mass is 10.3. The van der Waals surface area contributed by atoms with E-state index in [1.165, 1.54) is 0 Å². The zero-order chi connectivity index (χ0) is 16.2. The molecule has 1 N–H and O–H groups in total. The van der Waals surface area contributed by atoms with E-state index in [4.69, 9.17) is 4.74 Å². The molecule has 1 aromatic heterocycles. The van der Waals surface area contributed by atoms with E-state index in [1.807, 2.05) is 64.0 Å². The zero-order valence-corrected chi connectivity index (χ0v) is 12.9. The van der Waals surface area contributed by atoms with Gasteiger partial charge in [0.15, 0.2) is 17.6 Å². The van der Waals surface area contributed by atoms with E-state index in [0.717, 1.165) is 11.0 Å². The van der Waals surface area contributed by atoms with Crippen molar-refractivity contribution >= 4 is 28.8 Å². The van der Waals surface area contributed by atoms with Crippen molar-refractivity contribution in [1.82, 2.24) is 4.57 Å². The molecule has 0 atom stereocenters. The van der Waals surface area contributed by atoms with Crippen LogP contribution in [0.3, 0.4) is 0 Å². The first-order valence-corrected chi connectivity index (χ1v) is 7.27. The molecule has 0 aliphatic carbocycles. The Bertz CT molecular complexity index is 868. The van der Waals surface area contributed by atoms with Gasteiger partial charge < -0.3 is 10.1 Å². The van der Waals surface area contributed by atoms with Crippen molar-refractivity contribution in [3.63, 3.8) is 0 Å². The first-order chi connectivity index (χ1) is 11.2. The van der Waals surface area contributed by atoms with Gasteiger partial charge in [-0.05, 0) is 24.3 Å². The second kappa shape index (κ2) is 6.36. The van der Waals surface area contributed by atoms with Crippen molar-refractivity contribution in [1.29, 1.82) is 0 Å². The van der Waals surface area contributed by atoms with Crippen LogP contribution < -0.4 is 14.6 Å². The quantitative estimate of drug-likeness (QED) is 0.737. The van der Waals surface area contributed by atoms with Gasteiger partial charge in [0.05, 0.1) is 19.0 Å². The number of carbonyl (C=O) groups excluding carboxylic acids is 1. The third kappa shape index (κ3) is 2.94. The van der Waals surface area contributed by atoms with Gasteiger partial charge >= 0.3 is 0 Å². The number of hydrogen-bond donors (Lipinski definition) is 1. The highest BCUT2D eigenvalue weighted by atomic mass is 16.5. The number of anilines is 1. The minimum absolute atomic E-state index is 0.119. The first kappa shape index (κ1) is 14.8. The Hall–Kier alpha value is -3.08. The molecule has 3 aromatic rings. The Morgan fingerprint density at radius 3 is 2.78 bits per heavy atom. The summed E-state index contributed by atoms with van der Waals surface area (Å²) in [6, 6.07) is 15.2. The Balaban J connectivity index is 1.85. The average Bonchev–Trinajstić information content (AvgIpc) is 2.93. The number of fused-ring (bicyclic) bond motifs is 1. The van der Waals surface area contributed by atoms with Gasteiger partial charge in [-0.2, -0.15) is 0 Å². The molecule has 0 spiro atoms. The van der Waals surface area contributed by atoms with E-state index in [9.17, 15) is 4.79 Å². The van der Waals surface area contributed by atoms with Gasteiger partial charge in [-0.15, -0.1) is 0 Å². The fourth-order valence-electron chi connectivity index (χ4n) is 2.56. The predicted octanol–water partition coefficient (Wildman–Crippen LogP) is 2.68. The van der Waals surface area contributed by atoms with Gasteiger partial charge in [-0.25, -0.2) is 9.13 Å². The Morgan fingerprint density at radius 2 is 2.00 bits per heavy atom. The fraction of sp³-hybridized carbons (Fsp3) is 0.111. The summed E-state index contributed by atoms with van der Waals surface area (Å²) in [5, 5.41) is 2.88. The van der Waals surface area contributed by atoms with Crippen LogP contribution in [0.1, 0.15) is 0 Å². The highest BCUT2D eigenvalue weighted by Gasteiger charge is 2.17. The molecule has 0 bridgehead atoms. The number of methoxy groups -OCH3 is 1. The number of carbonyl (C=O) groups is 1. The van der Waals surface area contributed by atoms with E-state index in [1.54, 1.807) is 13.3 Å². The van der Waals surface area contributed by atoms with Crippen LogP contribution in [0, 0.1) is 0 Å². The second-order valence-electron chi connectivity index (χ2n) is 5.07. The number of ether oxygens (including phenoxy) is 1. The summed E-state index contributed by atoms with van der Waals surface area (Å²) in [5.74, 6) is 0.519. The van der Waals surface area contributed by atoms with Gasteiger partial charge in [0.1, 0.15) is 5.75 Å². The van der Waals surface area contributed by atoms with E-state index >= 15 is 0 Å². The average molecular weight is 308 g/mol. The molecule has 116 valence electrons. The summed E-state index contributed by atoms with van der Waals surface area (Å²) in [6.07, 6.45) is 3.58. The van der Waals surface area contributed by atoms with Gasteiger partial charge in [-0.1, -0.05) is 30.8 Å². The molecule has 2 aromatic carbocycles. The largest absolute Gasteiger partial charge is 0.495 e. The van der Waals surface area contributed by atoms with Crippen LogP contribution >= 0.6 is 0 Å². The summed E-state index contributed by atoms with van der Waals surface area (Å²) in [5.41, 5.74) is 2.64. The lowest BCUT2D eigenvalue weighted by Gasteiger charge is -2.08. The molecule has 0 aliphatic rings. The zero-order valence-electron chi connectivity index (χ0n) is 12.9. The molecule has 3 rings (SSSR count). The van der Waals surface area contributed by atoms with Crippen molar-refractivity contribution in [3.8, 4) is 5.75 Å². The van der Waals surface area contributed by atoms with E-state index < -0.39 is 0 Å². The molecule has 0 saturated carbocycles. The van der Waals surface area contributed by atoms with Gasteiger partial charge in [0.25, 0.3) is 5.91 Å². The summed E-state index contributed by atoms with van der Waals surface area (Å²) < 4.78 is 9.03. The third-order valence-corrected chi connectivity index (χ3v) is 3.62. The van der Waals surface area contributed by atoms with Crippen molar-refractivity contribution in [3.05, 3.63) is 61.4 Å². The molecule has 0 saturated heterocycles. The third-order valence-electron chi connectivity index (χ3n) is 3.62. The van der Waals surface area contributed by atoms with Crippen molar-refractivity contribution in [2.45, 2.75) is 6.54 Å². The minimum Gasteiger partial charge on any atom is -0.495 e. The Labute approximate surface area is 134 Å². The van der Waals surface area contributed by atoms with Crippen LogP contribution in [-0.4, -0.2) is 17.6 Å². The maximum absolute atomic E-state index is 12.4. The number of benzene rings is 2. The van der Waals surface area contributed by atoms with Gasteiger partial charge in [-0.3, -0.25) is 4.79 Å². The molecule has 5 heteroatoms. The highest BCUT2D eigenvalue weighted by molar-refractivity contribution is 5.91. The maximum Gasteiger partial charge on any atom is 0.266 e. The molecular formula is C18H18N3O2+. The number of rotatable bonds is 5. The predicted molar refractivity (Wildman–Crippen MR) is 90.1 cm³/mol. The Morgan fingerprint density at radius 1 is 1.26 bits per heavy atom. The van der Waals surface area contributed by atoms with Gasteiger partial charge in [0.2, 0.25) is 6.33 Å². The number of imidazole rings is 1. The van der Waals surface area contributed by atoms with Crippen LogP contribution in [0.2, 0.25) is 0 Å². The summed E-state index contributed by atoms with van der Waals surface area (Å²) >= 11 is 0. The van der Waals surface area contributed by atoms with Crippen LogP contribution in [0.5, 0.6) is 5.75 Å². The summed E-state index contributed by atoms with van der Waals surface area (Å²) in [6.45, 7) is 4.00. The van der Waals surface area contributed by atoms with E-state index in [-0.39, 0.29) is 12.5 Å². The molecular weight excluding hydrogens is 290 g/mol. The lowest BCUT2D eigenvalue weighted by Crippen LogP contribution is -2.39. The SMILES string of the molecule is C=Cn1c[n+](CC(=O)Nc2ccccc2OC)c2ccccc21. The fourth-order valence-corrected chi connectivity index (χ4v) is 2.56. The standard InChI is InChI=1S/C18H17N3O2/c1-3-20-13-21(16-10-6-5-9-15(16)20)12-18(22)19-14-8-4-7-11-17(14)23-2/h3-11,13H,1,12H2,2H3/p+1. The number of aromatic nitrogens is 2. The number of nitrogens with one attached hydrogen (secondary N) is 1. The normalized spacial score (nSPS) is 10.5. The van der Waals surface area contributed by atoms with Crippen LogP contribution in [0.25, 0.3) is 17.2 Å². The second-order valence-corrected chi connectivity index (χ2v) is 5.07. The van der Waals surface area contributed by atoms with Crippen LogP contribution in [-0.2, 0) is 11.3 Å². The number of hydrogen-bond acceptors (Lipinski definition) is 2. The minimum atomic E-state index is -0.119. The van der Waals surface area contributed by atoms with Crippen molar-refractivity contribution in [2.24, 2.45) is 0 Å². The molecule has 23 heavy (non-hydrogen) atoms. The number of para-hydroxylation sites is 4. The van der Waals surface area contributed by atoms with Gasteiger partial charge in [0, 0.05) is 0 Å². The van der Waals surface area contributed by atoms with Crippen molar-refractivity contribution in [2.75, 3.05) is 12.4 Å². The maximum atomic E-state index is 12.4. The molecule has 0 aliphatic heterocycles. The molecule has 0 unspecified atom stereocenters. The molecule has 1 amide bonds. The van der Waals surface area contributed by atoms with E-state index in [0.29, 0.717) is 11.4 Å². The smallest absolute Gasteiger partial charge is 0.266 e. The summed E-state index contributed by atoms with van der Waals surface area (Å²) in [7, 11) is 1.58. The number of nitrogens with zero attached hydrogens (tertiary/aromatic N) is 2. The topological polar surface area (TPSA) is 47.1 Å². The summed E-state index contributed by atoms with van der Waals surface area (Å²) in [4.78, 5) is 12.4. The molecule has 5 nitrogen and oxygen atoms in total.